The number of fused-ring (bicyclic) bond motifs is 1. The van der Waals surface area contributed by atoms with Crippen LogP contribution in [-0.2, 0) is 6.42 Å². The highest BCUT2D eigenvalue weighted by atomic mass is 35.5. The lowest BCUT2D eigenvalue weighted by Gasteiger charge is -2.08. The molecular weight excluding hydrogens is 268 g/mol. The molecule has 1 aromatic carbocycles. The molecule has 6 nitrogen and oxygen atoms in total. The first-order chi connectivity index (χ1) is 9.13. The Balaban J connectivity index is 1.93. The van der Waals surface area contributed by atoms with Crippen molar-refractivity contribution < 1.29 is 9.47 Å². The van der Waals surface area contributed by atoms with Gasteiger partial charge in [-0.25, -0.2) is 4.98 Å². The maximum atomic E-state index is 6.03. The van der Waals surface area contributed by atoms with E-state index >= 15 is 0 Å². The predicted octanol–water partition coefficient (Wildman–Crippen LogP) is 1.61. The van der Waals surface area contributed by atoms with Gasteiger partial charge in [-0.1, -0.05) is 17.7 Å². The number of nitrogens with two attached hydrogens (primary N) is 2. The van der Waals surface area contributed by atoms with Crippen molar-refractivity contribution in [2.45, 2.75) is 6.42 Å². The SMILES string of the molecule is Nc1nc(N)c(Cc2ccc3c(c2)OCO3)c(Cl)n1. The summed E-state index contributed by atoms with van der Waals surface area (Å²) in [6.07, 6.45) is 0.502. The summed E-state index contributed by atoms with van der Waals surface area (Å²) in [5, 5.41) is 0.266. The molecule has 3 rings (SSSR count). The van der Waals surface area contributed by atoms with E-state index in [1.807, 2.05) is 18.2 Å². The van der Waals surface area contributed by atoms with Crippen molar-refractivity contribution in [1.82, 2.24) is 9.97 Å². The Bertz CT molecular complexity index is 625. The summed E-state index contributed by atoms with van der Waals surface area (Å²) in [5.41, 5.74) is 12.9. The Hall–Kier alpha value is -2.21. The second-order valence-electron chi connectivity index (χ2n) is 4.10. The average Bonchev–Trinajstić information content (AvgIpc) is 2.81. The van der Waals surface area contributed by atoms with E-state index in [2.05, 4.69) is 9.97 Å². The number of anilines is 2. The van der Waals surface area contributed by atoms with Crippen LogP contribution in [0, 0.1) is 0 Å². The monoisotopic (exact) mass is 278 g/mol. The van der Waals surface area contributed by atoms with Gasteiger partial charge in [0.1, 0.15) is 11.0 Å². The highest BCUT2D eigenvalue weighted by Gasteiger charge is 2.15. The topological polar surface area (TPSA) is 96.3 Å². The van der Waals surface area contributed by atoms with Crippen LogP contribution in [0.5, 0.6) is 11.5 Å². The molecule has 19 heavy (non-hydrogen) atoms. The zero-order valence-corrected chi connectivity index (χ0v) is 10.6. The van der Waals surface area contributed by atoms with Gasteiger partial charge in [0.2, 0.25) is 12.7 Å². The first kappa shape index (κ1) is 11.9. The summed E-state index contributed by atoms with van der Waals surface area (Å²) in [5.74, 6) is 1.80. The highest BCUT2D eigenvalue weighted by Crippen LogP contribution is 2.34. The number of benzene rings is 1. The van der Waals surface area contributed by atoms with Crippen molar-refractivity contribution in [3.05, 3.63) is 34.5 Å². The molecule has 0 amide bonds. The molecule has 4 N–H and O–H groups in total. The smallest absolute Gasteiger partial charge is 0.231 e. The summed E-state index contributed by atoms with van der Waals surface area (Å²) in [6, 6.07) is 5.65. The minimum absolute atomic E-state index is 0.0666. The van der Waals surface area contributed by atoms with E-state index in [9.17, 15) is 0 Å². The fraction of sp³-hybridized carbons (Fsp3) is 0.167. The molecule has 2 heterocycles. The van der Waals surface area contributed by atoms with Gasteiger partial charge in [-0.05, 0) is 17.7 Å². The average molecular weight is 279 g/mol. The summed E-state index contributed by atoms with van der Waals surface area (Å²) >= 11 is 6.03. The first-order valence-electron chi connectivity index (χ1n) is 5.59. The number of halogens is 1. The molecular formula is C12H11ClN4O2. The van der Waals surface area contributed by atoms with E-state index in [1.54, 1.807) is 0 Å². The summed E-state index contributed by atoms with van der Waals surface area (Å²) in [7, 11) is 0. The van der Waals surface area contributed by atoms with E-state index < -0.39 is 0 Å². The van der Waals surface area contributed by atoms with Crippen LogP contribution in [0.15, 0.2) is 18.2 Å². The molecule has 0 aliphatic carbocycles. The molecule has 1 aromatic heterocycles. The van der Waals surface area contributed by atoms with Crippen LogP contribution >= 0.6 is 11.6 Å². The third-order valence-electron chi connectivity index (χ3n) is 2.82. The first-order valence-corrected chi connectivity index (χ1v) is 5.97. The fourth-order valence-electron chi connectivity index (χ4n) is 1.91. The standard InChI is InChI=1S/C12H11ClN4O2/c13-10-7(11(14)17-12(15)16-10)3-6-1-2-8-9(4-6)19-5-18-8/h1-2,4H,3,5H2,(H4,14,15,16,17). The van der Waals surface area contributed by atoms with Crippen molar-refractivity contribution in [2.24, 2.45) is 0 Å². The van der Waals surface area contributed by atoms with Crippen LogP contribution in [0.4, 0.5) is 11.8 Å². The number of aromatic nitrogens is 2. The van der Waals surface area contributed by atoms with Gasteiger partial charge in [0.15, 0.2) is 11.5 Å². The minimum Gasteiger partial charge on any atom is -0.454 e. The summed E-state index contributed by atoms with van der Waals surface area (Å²) < 4.78 is 10.6. The molecule has 7 heteroatoms. The van der Waals surface area contributed by atoms with Gasteiger partial charge >= 0.3 is 0 Å². The van der Waals surface area contributed by atoms with Crippen LogP contribution in [0.1, 0.15) is 11.1 Å². The molecule has 0 radical (unpaired) electrons. The van der Waals surface area contributed by atoms with Crippen LogP contribution in [0.3, 0.4) is 0 Å². The lowest BCUT2D eigenvalue weighted by Crippen LogP contribution is -2.05. The lowest BCUT2D eigenvalue weighted by molar-refractivity contribution is 0.174. The highest BCUT2D eigenvalue weighted by molar-refractivity contribution is 6.30. The normalized spacial score (nSPS) is 12.7. The molecule has 98 valence electrons. The van der Waals surface area contributed by atoms with E-state index in [0.717, 1.165) is 11.3 Å². The van der Waals surface area contributed by atoms with E-state index in [1.165, 1.54) is 0 Å². The largest absolute Gasteiger partial charge is 0.454 e. The molecule has 1 aliphatic heterocycles. The maximum Gasteiger partial charge on any atom is 0.231 e. The Labute approximate surface area is 114 Å². The van der Waals surface area contributed by atoms with Crippen LogP contribution in [-0.4, -0.2) is 16.8 Å². The van der Waals surface area contributed by atoms with Crippen molar-refractivity contribution in [2.75, 3.05) is 18.3 Å². The molecule has 2 aromatic rings. The minimum atomic E-state index is 0.0666. The van der Waals surface area contributed by atoms with Crippen molar-refractivity contribution in [3.8, 4) is 11.5 Å². The zero-order chi connectivity index (χ0) is 13.4. The van der Waals surface area contributed by atoms with E-state index in [4.69, 9.17) is 32.5 Å². The second-order valence-corrected chi connectivity index (χ2v) is 4.46. The molecule has 0 unspecified atom stereocenters. The molecule has 0 fully saturated rings. The number of hydrogen-bond donors (Lipinski definition) is 2. The number of nitrogen functional groups attached to an aromatic ring is 2. The Kier molecular flexibility index (Phi) is 2.79. The van der Waals surface area contributed by atoms with Crippen molar-refractivity contribution >= 4 is 23.4 Å². The number of hydrogen-bond acceptors (Lipinski definition) is 6. The molecule has 0 saturated carbocycles. The molecule has 0 spiro atoms. The van der Waals surface area contributed by atoms with E-state index in [-0.39, 0.29) is 23.7 Å². The Morgan fingerprint density at radius 1 is 1.16 bits per heavy atom. The van der Waals surface area contributed by atoms with Gasteiger partial charge in [-0.2, -0.15) is 4.98 Å². The fourth-order valence-corrected chi connectivity index (χ4v) is 2.16. The van der Waals surface area contributed by atoms with Crippen molar-refractivity contribution in [3.63, 3.8) is 0 Å². The van der Waals surface area contributed by atoms with Gasteiger partial charge in [0.25, 0.3) is 0 Å². The molecule has 0 saturated heterocycles. The lowest BCUT2D eigenvalue weighted by atomic mass is 10.1. The number of rotatable bonds is 2. The van der Waals surface area contributed by atoms with Gasteiger partial charge in [-0.15, -0.1) is 0 Å². The Morgan fingerprint density at radius 2 is 1.95 bits per heavy atom. The zero-order valence-electron chi connectivity index (χ0n) is 9.89. The molecule has 0 atom stereocenters. The van der Waals surface area contributed by atoms with Crippen LogP contribution < -0.4 is 20.9 Å². The van der Waals surface area contributed by atoms with E-state index in [0.29, 0.717) is 17.7 Å². The molecule has 1 aliphatic rings. The molecule has 0 bridgehead atoms. The number of ether oxygens (including phenoxy) is 2. The van der Waals surface area contributed by atoms with Crippen LogP contribution in [0.2, 0.25) is 5.15 Å². The van der Waals surface area contributed by atoms with Gasteiger partial charge in [-0.3, -0.25) is 0 Å². The third-order valence-corrected chi connectivity index (χ3v) is 3.14. The van der Waals surface area contributed by atoms with Crippen LogP contribution in [0.25, 0.3) is 0 Å². The van der Waals surface area contributed by atoms with Crippen molar-refractivity contribution in [1.29, 1.82) is 0 Å². The Morgan fingerprint density at radius 3 is 2.74 bits per heavy atom. The quantitative estimate of drug-likeness (QED) is 0.810. The van der Waals surface area contributed by atoms with Gasteiger partial charge in [0.05, 0.1) is 0 Å². The van der Waals surface area contributed by atoms with Gasteiger partial charge in [0, 0.05) is 12.0 Å². The maximum absolute atomic E-state index is 6.03. The second kappa shape index (κ2) is 4.47. The predicted molar refractivity (Wildman–Crippen MR) is 71.2 cm³/mol. The van der Waals surface area contributed by atoms with Gasteiger partial charge < -0.3 is 20.9 Å². The summed E-state index contributed by atoms with van der Waals surface area (Å²) in [4.78, 5) is 7.81. The third kappa shape index (κ3) is 2.22. The number of nitrogens with zero attached hydrogens (tertiary/aromatic N) is 2. The summed E-state index contributed by atoms with van der Waals surface area (Å²) in [6.45, 7) is 0.243.